The molecular formula is C17H26NO+. The zero-order valence-electron chi connectivity index (χ0n) is 13.6. The van der Waals surface area contributed by atoms with Crippen molar-refractivity contribution in [2.45, 2.75) is 54.9 Å². The Kier molecular flexibility index (Phi) is 4.67. The van der Waals surface area contributed by atoms with Crippen LogP contribution >= 0.6 is 0 Å². The Morgan fingerprint density at radius 1 is 1.11 bits per heavy atom. The van der Waals surface area contributed by atoms with E-state index in [1.165, 1.54) is 22.4 Å². The highest BCUT2D eigenvalue weighted by Gasteiger charge is 2.26. The first kappa shape index (κ1) is 15.6. The van der Waals surface area contributed by atoms with Gasteiger partial charge in [0.2, 0.25) is 5.69 Å². The summed E-state index contributed by atoms with van der Waals surface area (Å²) in [5.74, 6) is 0.154. The number of hydrogen-bond donors (Lipinski definition) is 0. The second-order valence-corrected chi connectivity index (χ2v) is 5.51. The van der Waals surface area contributed by atoms with E-state index in [1.807, 2.05) is 6.92 Å². The number of aromatic nitrogens is 1. The van der Waals surface area contributed by atoms with E-state index in [0.717, 1.165) is 23.2 Å². The number of ketones is 1. The average molecular weight is 260 g/mol. The summed E-state index contributed by atoms with van der Waals surface area (Å²) in [5, 5.41) is 0. The van der Waals surface area contributed by atoms with E-state index in [1.54, 1.807) is 6.92 Å². The van der Waals surface area contributed by atoms with Crippen LogP contribution in [0.25, 0.3) is 5.57 Å². The van der Waals surface area contributed by atoms with Crippen LogP contribution in [0.4, 0.5) is 0 Å². The monoisotopic (exact) mass is 260 g/mol. The molecule has 0 amide bonds. The molecule has 0 aliphatic heterocycles. The van der Waals surface area contributed by atoms with Crippen LogP contribution in [0.3, 0.4) is 0 Å². The molecule has 1 aromatic rings. The van der Waals surface area contributed by atoms with Crippen molar-refractivity contribution in [3.63, 3.8) is 0 Å². The summed E-state index contributed by atoms with van der Waals surface area (Å²) in [6.45, 7) is 14.4. The number of pyridine rings is 1. The van der Waals surface area contributed by atoms with Gasteiger partial charge in [-0.1, -0.05) is 12.5 Å². The minimum atomic E-state index is 0.154. The highest BCUT2D eigenvalue weighted by atomic mass is 16.1. The molecule has 1 aromatic heterocycles. The maximum absolute atomic E-state index is 11.9. The predicted molar refractivity (Wildman–Crippen MR) is 80.4 cm³/mol. The van der Waals surface area contributed by atoms with Gasteiger partial charge in [0.05, 0.1) is 5.56 Å². The number of carbonyl (C=O) groups excluding carboxylic acids is 1. The van der Waals surface area contributed by atoms with Crippen LogP contribution in [0.1, 0.15) is 67.5 Å². The summed E-state index contributed by atoms with van der Waals surface area (Å²) in [6, 6.07) is 0. The second-order valence-electron chi connectivity index (χ2n) is 5.51. The molecule has 0 N–H and O–H groups in total. The molecular weight excluding hydrogens is 234 g/mol. The van der Waals surface area contributed by atoms with Gasteiger partial charge in [-0.3, -0.25) is 4.79 Å². The lowest BCUT2D eigenvalue weighted by atomic mass is 9.91. The van der Waals surface area contributed by atoms with Crippen molar-refractivity contribution in [2.24, 2.45) is 7.05 Å². The van der Waals surface area contributed by atoms with Crippen molar-refractivity contribution in [3.05, 3.63) is 33.7 Å². The zero-order chi connectivity index (χ0) is 14.9. The maximum atomic E-state index is 11.9. The van der Waals surface area contributed by atoms with E-state index in [4.69, 9.17) is 0 Å². The molecule has 2 nitrogen and oxygen atoms in total. The average Bonchev–Trinajstić information content (AvgIpc) is 2.32. The van der Waals surface area contributed by atoms with Gasteiger partial charge >= 0.3 is 0 Å². The third kappa shape index (κ3) is 2.63. The Labute approximate surface area is 117 Å². The minimum Gasteiger partial charge on any atom is -0.294 e. The standard InChI is InChI=1S/C17H26NO/c1-9-15-12(5)16(14(7)19)13(6)18(8)17(15)11(4)10(2)3/h9H2,1-8H3/q+1. The molecule has 0 saturated carbocycles. The third-order valence-electron chi connectivity index (χ3n) is 4.12. The summed E-state index contributed by atoms with van der Waals surface area (Å²) in [5.41, 5.74) is 8.25. The van der Waals surface area contributed by atoms with Crippen LogP contribution in [0.2, 0.25) is 0 Å². The molecule has 0 aromatic carbocycles. The van der Waals surface area contributed by atoms with Crippen molar-refractivity contribution in [1.82, 2.24) is 0 Å². The fraction of sp³-hybridized carbons (Fsp3) is 0.529. The van der Waals surface area contributed by atoms with Crippen molar-refractivity contribution < 1.29 is 9.36 Å². The molecule has 1 heterocycles. The number of hydrogen-bond acceptors (Lipinski definition) is 1. The molecule has 0 aliphatic rings. The van der Waals surface area contributed by atoms with Gasteiger partial charge in [0.15, 0.2) is 11.5 Å². The lowest BCUT2D eigenvalue weighted by Gasteiger charge is -2.16. The fourth-order valence-corrected chi connectivity index (χ4v) is 2.80. The van der Waals surface area contributed by atoms with Crippen LogP contribution in [0.15, 0.2) is 5.57 Å². The molecule has 0 aliphatic carbocycles. The zero-order valence-corrected chi connectivity index (χ0v) is 13.6. The van der Waals surface area contributed by atoms with Gasteiger partial charge in [0.1, 0.15) is 7.05 Å². The van der Waals surface area contributed by atoms with Gasteiger partial charge in [0.25, 0.3) is 0 Å². The highest BCUT2D eigenvalue weighted by Crippen LogP contribution is 2.25. The number of nitrogens with zero attached hydrogens (tertiary/aromatic N) is 1. The first-order valence-electron chi connectivity index (χ1n) is 6.91. The highest BCUT2D eigenvalue weighted by molar-refractivity contribution is 5.96. The van der Waals surface area contributed by atoms with Gasteiger partial charge in [0, 0.05) is 18.1 Å². The summed E-state index contributed by atoms with van der Waals surface area (Å²) in [7, 11) is 2.06. The van der Waals surface area contributed by atoms with Crippen LogP contribution in [0, 0.1) is 13.8 Å². The van der Waals surface area contributed by atoms with Crippen LogP contribution in [0.5, 0.6) is 0 Å². The first-order valence-corrected chi connectivity index (χ1v) is 6.91. The third-order valence-corrected chi connectivity index (χ3v) is 4.12. The van der Waals surface area contributed by atoms with Crippen molar-refractivity contribution in [2.75, 3.05) is 0 Å². The lowest BCUT2D eigenvalue weighted by Crippen LogP contribution is -2.40. The Morgan fingerprint density at radius 2 is 1.63 bits per heavy atom. The maximum Gasteiger partial charge on any atom is 0.211 e. The number of Topliss-reactive ketones (excluding diaryl/α,β-unsaturated/α-hetero) is 1. The van der Waals surface area contributed by atoms with E-state index >= 15 is 0 Å². The van der Waals surface area contributed by atoms with Crippen molar-refractivity contribution in [3.8, 4) is 0 Å². The fourth-order valence-electron chi connectivity index (χ4n) is 2.80. The van der Waals surface area contributed by atoms with Crippen LogP contribution < -0.4 is 4.57 Å². The molecule has 0 bridgehead atoms. The largest absolute Gasteiger partial charge is 0.294 e. The van der Waals surface area contributed by atoms with E-state index in [2.05, 4.69) is 46.2 Å². The first-order chi connectivity index (χ1) is 8.73. The molecule has 0 spiro atoms. The summed E-state index contributed by atoms with van der Waals surface area (Å²) in [6.07, 6.45) is 0.945. The van der Waals surface area contributed by atoms with E-state index in [0.29, 0.717) is 0 Å². The molecule has 104 valence electrons. The van der Waals surface area contributed by atoms with E-state index in [-0.39, 0.29) is 5.78 Å². The SMILES string of the molecule is CCc1c(C)c(C(C)=O)c(C)[n+](C)c1C(C)=C(C)C. The van der Waals surface area contributed by atoms with Gasteiger partial charge in [-0.25, -0.2) is 0 Å². The second kappa shape index (κ2) is 5.68. The summed E-state index contributed by atoms with van der Waals surface area (Å²) >= 11 is 0. The normalized spacial score (nSPS) is 10.5. The number of carbonyl (C=O) groups is 1. The molecule has 2 heteroatoms. The quantitative estimate of drug-likeness (QED) is 0.599. The van der Waals surface area contributed by atoms with Crippen molar-refractivity contribution in [1.29, 1.82) is 0 Å². The van der Waals surface area contributed by atoms with Crippen LogP contribution in [-0.4, -0.2) is 5.78 Å². The smallest absolute Gasteiger partial charge is 0.211 e. The summed E-state index contributed by atoms with van der Waals surface area (Å²) in [4.78, 5) is 11.9. The molecule has 0 atom stereocenters. The Hall–Kier alpha value is -1.44. The van der Waals surface area contributed by atoms with Crippen molar-refractivity contribution >= 4 is 11.4 Å². The van der Waals surface area contributed by atoms with Gasteiger partial charge in [-0.05, 0) is 46.6 Å². The number of allylic oxidation sites excluding steroid dienone is 2. The lowest BCUT2D eigenvalue weighted by molar-refractivity contribution is -0.680. The molecule has 0 fully saturated rings. The molecule has 0 radical (unpaired) electrons. The molecule has 0 unspecified atom stereocenters. The predicted octanol–water partition coefficient (Wildman–Crippen LogP) is 3.71. The minimum absolute atomic E-state index is 0.154. The van der Waals surface area contributed by atoms with E-state index < -0.39 is 0 Å². The van der Waals surface area contributed by atoms with Gasteiger partial charge in [-0.2, -0.15) is 4.57 Å². The number of rotatable bonds is 3. The van der Waals surface area contributed by atoms with Gasteiger partial charge < -0.3 is 0 Å². The summed E-state index contributed by atoms with van der Waals surface area (Å²) < 4.78 is 2.17. The van der Waals surface area contributed by atoms with Crippen LogP contribution in [-0.2, 0) is 13.5 Å². The molecule has 0 saturated heterocycles. The Morgan fingerprint density at radius 3 is 2.00 bits per heavy atom. The molecule has 1 rings (SSSR count). The van der Waals surface area contributed by atoms with E-state index in [9.17, 15) is 4.79 Å². The van der Waals surface area contributed by atoms with Gasteiger partial charge in [-0.15, -0.1) is 0 Å². The Bertz CT molecular complexity index is 561. The Balaban J connectivity index is 3.88. The topological polar surface area (TPSA) is 20.9 Å². The molecule has 19 heavy (non-hydrogen) atoms.